The Kier molecular flexibility index (Phi) is 5.99. The number of nitrogens with zero attached hydrogens (tertiary/aromatic N) is 2. The van der Waals surface area contributed by atoms with Crippen molar-refractivity contribution in [2.75, 3.05) is 6.54 Å². The third kappa shape index (κ3) is 5.99. The van der Waals surface area contributed by atoms with Gasteiger partial charge in [-0.3, -0.25) is 14.6 Å². The van der Waals surface area contributed by atoms with Crippen LogP contribution in [0.3, 0.4) is 0 Å². The molecule has 0 radical (unpaired) electrons. The molecule has 1 amide bonds. The first-order chi connectivity index (χ1) is 8.99. The summed E-state index contributed by atoms with van der Waals surface area (Å²) in [6.45, 7) is 4.58. The Bertz CT molecular complexity index is 418. The first kappa shape index (κ1) is 15.1. The summed E-state index contributed by atoms with van der Waals surface area (Å²) in [7, 11) is 0. The highest BCUT2D eigenvalue weighted by atomic mass is 16.4. The smallest absolute Gasteiger partial charge is 0.305 e. The van der Waals surface area contributed by atoms with Crippen LogP contribution in [0.4, 0.5) is 0 Å². The zero-order valence-electron chi connectivity index (χ0n) is 11.4. The lowest BCUT2D eigenvalue weighted by atomic mass is 10.1. The average molecular weight is 264 g/mol. The third-order valence-corrected chi connectivity index (χ3v) is 2.63. The largest absolute Gasteiger partial charge is 0.481 e. The summed E-state index contributed by atoms with van der Waals surface area (Å²) in [5, 5.41) is 8.74. The van der Waals surface area contributed by atoms with Crippen molar-refractivity contribution in [2.45, 2.75) is 33.2 Å². The fraction of sp³-hybridized carbons (Fsp3) is 0.500. The van der Waals surface area contributed by atoms with Crippen molar-refractivity contribution >= 4 is 11.9 Å². The van der Waals surface area contributed by atoms with Gasteiger partial charge in [0, 0.05) is 31.9 Å². The van der Waals surface area contributed by atoms with Crippen LogP contribution < -0.4 is 0 Å². The van der Waals surface area contributed by atoms with Gasteiger partial charge in [-0.25, -0.2) is 0 Å². The Morgan fingerprint density at radius 1 is 1.42 bits per heavy atom. The second-order valence-electron chi connectivity index (χ2n) is 4.92. The zero-order valence-corrected chi connectivity index (χ0v) is 11.4. The molecule has 5 nitrogen and oxygen atoms in total. The van der Waals surface area contributed by atoms with Crippen LogP contribution >= 0.6 is 0 Å². The highest BCUT2D eigenvalue weighted by Gasteiger charge is 2.16. The Morgan fingerprint density at radius 3 is 2.68 bits per heavy atom. The van der Waals surface area contributed by atoms with E-state index in [0.717, 1.165) is 5.56 Å². The Morgan fingerprint density at radius 2 is 2.16 bits per heavy atom. The molecule has 1 aromatic rings. The molecule has 1 rings (SSSR count). The summed E-state index contributed by atoms with van der Waals surface area (Å²) in [4.78, 5) is 28.3. The minimum atomic E-state index is -0.895. The van der Waals surface area contributed by atoms with E-state index in [9.17, 15) is 9.59 Å². The Labute approximate surface area is 113 Å². The molecule has 0 unspecified atom stereocenters. The van der Waals surface area contributed by atoms with Gasteiger partial charge in [0.25, 0.3) is 0 Å². The quantitative estimate of drug-likeness (QED) is 0.817. The molecule has 0 saturated carbocycles. The normalized spacial score (nSPS) is 10.5. The molecule has 0 aliphatic heterocycles. The predicted octanol–water partition coefficient (Wildman–Crippen LogP) is 1.93. The molecular weight excluding hydrogens is 244 g/mol. The number of pyridine rings is 1. The van der Waals surface area contributed by atoms with Gasteiger partial charge >= 0.3 is 5.97 Å². The molecule has 19 heavy (non-hydrogen) atoms. The Balaban J connectivity index is 2.68. The van der Waals surface area contributed by atoms with E-state index in [2.05, 4.69) is 4.98 Å². The highest BCUT2D eigenvalue weighted by Crippen LogP contribution is 2.09. The molecule has 5 heteroatoms. The molecule has 0 bridgehead atoms. The number of carboxylic acids is 1. The van der Waals surface area contributed by atoms with Crippen LogP contribution in [0.25, 0.3) is 0 Å². The molecule has 104 valence electrons. The molecule has 0 saturated heterocycles. The number of aromatic nitrogens is 1. The van der Waals surface area contributed by atoms with Gasteiger partial charge in [-0.15, -0.1) is 0 Å². The molecule has 1 aromatic heterocycles. The fourth-order valence-electron chi connectivity index (χ4n) is 1.71. The van der Waals surface area contributed by atoms with Gasteiger partial charge in [0.1, 0.15) is 0 Å². The van der Waals surface area contributed by atoms with Crippen molar-refractivity contribution < 1.29 is 14.7 Å². The Hall–Kier alpha value is -1.91. The topological polar surface area (TPSA) is 70.5 Å². The monoisotopic (exact) mass is 264 g/mol. The van der Waals surface area contributed by atoms with Crippen molar-refractivity contribution in [3.8, 4) is 0 Å². The summed E-state index contributed by atoms with van der Waals surface area (Å²) < 4.78 is 0. The lowest BCUT2D eigenvalue weighted by Gasteiger charge is -2.23. The van der Waals surface area contributed by atoms with Gasteiger partial charge in [-0.05, 0) is 17.5 Å². The number of hydrogen-bond acceptors (Lipinski definition) is 3. The zero-order chi connectivity index (χ0) is 14.3. The predicted molar refractivity (Wildman–Crippen MR) is 71.4 cm³/mol. The van der Waals surface area contributed by atoms with E-state index in [0.29, 0.717) is 13.0 Å². The maximum atomic E-state index is 12.1. The van der Waals surface area contributed by atoms with Crippen LogP contribution in [-0.2, 0) is 16.1 Å². The molecule has 1 heterocycles. The van der Waals surface area contributed by atoms with E-state index in [1.54, 1.807) is 23.4 Å². The molecule has 0 aliphatic rings. The summed E-state index contributed by atoms with van der Waals surface area (Å²) in [5.41, 5.74) is 0.907. The van der Waals surface area contributed by atoms with Gasteiger partial charge in [0.2, 0.25) is 5.91 Å². The van der Waals surface area contributed by atoms with E-state index in [4.69, 9.17) is 5.11 Å². The van der Waals surface area contributed by atoms with Gasteiger partial charge in [0.15, 0.2) is 0 Å². The minimum Gasteiger partial charge on any atom is -0.481 e. The molecule has 1 N–H and O–H groups in total. The lowest BCUT2D eigenvalue weighted by Crippen LogP contribution is -2.33. The number of amides is 1. The highest BCUT2D eigenvalue weighted by molar-refractivity contribution is 5.77. The maximum absolute atomic E-state index is 12.1. The van der Waals surface area contributed by atoms with Crippen LogP contribution in [0.1, 0.15) is 32.3 Å². The molecule has 0 aliphatic carbocycles. The van der Waals surface area contributed by atoms with Crippen molar-refractivity contribution in [3.05, 3.63) is 30.1 Å². The number of carboxylic acid groups (broad SMARTS) is 1. The number of aliphatic carboxylic acids is 1. The van der Waals surface area contributed by atoms with Crippen LogP contribution in [-0.4, -0.2) is 33.4 Å². The number of carbonyl (C=O) groups is 2. The van der Waals surface area contributed by atoms with Gasteiger partial charge in [-0.2, -0.15) is 0 Å². The van der Waals surface area contributed by atoms with E-state index in [-0.39, 0.29) is 24.8 Å². The van der Waals surface area contributed by atoms with Crippen LogP contribution in [0, 0.1) is 5.92 Å². The third-order valence-electron chi connectivity index (χ3n) is 2.63. The first-order valence-corrected chi connectivity index (χ1v) is 6.37. The van der Waals surface area contributed by atoms with Gasteiger partial charge in [-0.1, -0.05) is 19.9 Å². The molecule has 0 fully saturated rings. The maximum Gasteiger partial charge on any atom is 0.305 e. The summed E-state index contributed by atoms with van der Waals surface area (Å²) in [6, 6.07) is 3.68. The molecular formula is C14H20N2O3. The summed E-state index contributed by atoms with van der Waals surface area (Å²) >= 11 is 0. The second-order valence-corrected chi connectivity index (χ2v) is 4.92. The second kappa shape index (κ2) is 7.51. The lowest BCUT2D eigenvalue weighted by molar-refractivity contribution is -0.138. The first-order valence-electron chi connectivity index (χ1n) is 6.37. The van der Waals surface area contributed by atoms with Crippen molar-refractivity contribution in [3.63, 3.8) is 0 Å². The summed E-state index contributed by atoms with van der Waals surface area (Å²) in [5.74, 6) is -0.651. The minimum absolute atomic E-state index is 0.0138. The van der Waals surface area contributed by atoms with Gasteiger partial charge in [0.05, 0.1) is 6.42 Å². The van der Waals surface area contributed by atoms with E-state index < -0.39 is 5.97 Å². The van der Waals surface area contributed by atoms with Crippen molar-refractivity contribution in [1.82, 2.24) is 9.88 Å². The van der Waals surface area contributed by atoms with Crippen LogP contribution in [0.5, 0.6) is 0 Å². The molecule has 0 aromatic carbocycles. The molecule has 0 atom stereocenters. The number of carbonyl (C=O) groups excluding carboxylic acids is 1. The van der Waals surface area contributed by atoms with E-state index in [1.165, 1.54) is 0 Å². The fourth-order valence-corrected chi connectivity index (χ4v) is 1.71. The summed E-state index contributed by atoms with van der Waals surface area (Å²) in [6.07, 6.45) is 3.75. The SMILES string of the molecule is CC(C)CC(=O)N(CCC(=O)O)Cc1cccnc1. The number of rotatable bonds is 7. The van der Waals surface area contributed by atoms with Crippen molar-refractivity contribution in [1.29, 1.82) is 0 Å². The van der Waals surface area contributed by atoms with Crippen molar-refractivity contribution in [2.24, 2.45) is 5.92 Å². The van der Waals surface area contributed by atoms with E-state index >= 15 is 0 Å². The van der Waals surface area contributed by atoms with Gasteiger partial charge < -0.3 is 10.0 Å². The van der Waals surface area contributed by atoms with Crippen LogP contribution in [0.15, 0.2) is 24.5 Å². The van der Waals surface area contributed by atoms with Crippen LogP contribution in [0.2, 0.25) is 0 Å². The number of hydrogen-bond donors (Lipinski definition) is 1. The standard InChI is InChI=1S/C14H20N2O3/c1-11(2)8-13(17)16(7-5-14(18)19)10-12-4-3-6-15-9-12/h3-4,6,9,11H,5,7-8,10H2,1-2H3,(H,18,19). The average Bonchev–Trinajstić information content (AvgIpc) is 2.34. The van der Waals surface area contributed by atoms with E-state index in [1.807, 2.05) is 19.9 Å². The molecule has 0 spiro atoms.